The smallest absolute Gasteiger partial charge is 0.220 e. The summed E-state index contributed by atoms with van der Waals surface area (Å²) in [6, 6.07) is 13.7. The van der Waals surface area contributed by atoms with Crippen molar-refractivity contribution in [2.75, 3.05) is 6.54 Å². The van der Waals surface area contributed by atoms with Crippen LogP contribution in [0.25, 0.3) is 11.0 Å². The molecule has 3 rings (SSSR count). The van der Waals surface area contributed by atoms with E-state index in [1.807, 2.05) is 42.5 Å². The van der Waals surface area contributed by atoms with Gasteiger partial charge in [-0.05, 0) is 24.3 Å². The van der Waals surface area contributed by atoms with Crippen molar-refractivity contribution in [2.24, 2.45) is 0 Å². The summed E-state index contributed by atoms with van der Waals surface area (Å²) in [5.41, 5.74) is 2.93. The molecule has 3 aromatic rings. The van der Waals surface area contributed by atoms with Gasteiger partial charge in [0.15, 0.2) is 0 Å². The first kappa shape index (κ1) is 14.3. The number of benzene rings is 1. The van der Waals surface area contributed by atoms with Crippen LogP contribution in [0, 0.1) is 0 Å². The molecule has 1 aromatic carbocycles. The summed E-state index contributed by atoms with van der Waals surface area (Å²) in [6.45, 7) is 0.607. The number of amides is 1. The molecule has 0 aliphatic carbocycles. The summed E-state index contributed by atoms with van der Waals surface area (Å²) in [6.07, 6.45) is 3.56. The van der Waals surface area contributed by atoms with Gasteiger partial charge in [-0.1, -0.05) is 18.2 Å². The highest BCUT2D eigenvalue weighted by Crippen LogP contribution is 2.11. The predicted molar refractivity (Wildman–Crippen MR) is 85.4 cm³/mol. The first-order valence-electron chi connectivity index (χ1n) is 7.41. The number of para-hydroxylation sites is 2. The molecule has 0 saturated heterocycles. The summed E-state index contributed by atoms with van der Waals surface area (Å²) in [4.78, 5) is 23.8. The fourth-order valence-corrected chi connectivity index (χ4v) is 2.32. The number of rotatable bonds is 6. The standard InChI is InChI=1S/C17H18N4O/c22-17(19-12-10-13-5-3-4-11-18-13)9-8-16-20-14-6-1-2-7-15(14)21-16/h1-7,11H,8-10,12H2,(H,19,22)(H,20,21). The van der Waals surface area contributed by atoms with E-state index < -0.39 is 0 Å². The summed E-state index contributed by atoms with van der Waals surface area (Å²) < 4.78 is 0. The number of pyridine rings is 1. The van der Waals surface area contributed by atoms with Crippen LogP contribution in [0.1, 0.15) is 17.9 Å². The molecule has 0 saturated carbocycles. The van der Waals surface area contributed by atoms with Crippen LogP contribution in [0.2, 0.25) is 0 Å². The van der Waals surface area contributed by atoms with E-state index in [1.165, 1.54) is 0 Å². The SMILES string of the molecule is O=C(CCc1nc2ccccc2[nH]1)NCCc1ccccn1. The number of aromatic amines is 1. The average molecular weight is 294 g/mol. The largest absolute Gasteiger partial charge is 0.356 e. The Morgan fingerprint density at radius 2 is 1.95 bits per heavy atom. The molecule has 112 valence electrons. The zero-order valence-corrected chi connectivity index (χ0v) is 12.2. The van der Waals surface area contributed by atoms with Crippen molar-refractivity contribution in [1.29, 1.82) is 0 Å². The summed E-state index contributed by atoms with van der Waals surface area (Å²) in [5, 5.41) is 2.91. The fourth-order valence-electron chi connectivity index (χ4n) is 2.32. The van der Waals surface area contributed by atoms with Crippen molar-refractivity contribution in [3.05, 3.63) is 60.2 Å². The van der Waals surface area contributed by atoms with Gasteiger partial charge in [-0.2, -0.15) is 0 Å². The number of hydrogen-bond donors (Lipinski definition) is 2. The minimum atomic E-state index is 0.0383. The molecule has 0 aliphatic heterocycles. The van der Waals surface area contributed by atoms with Gasteiger partial charge in [0.2, 0.25) is 5.91 Å². The van der Waals surface area contributed by atoms with Crippen molar-refractivity contribution >= 4 is 16.9 Å². The van der Waals surface area contributed by atoms with Gasteiger partial charge in [0, 0.05) is 37.7 Å². The Balaban J connectivity index is 1.44. The lowest BCUT2D eigenvalue weighted by Gasteiger charge is -2.04. The maximum Gasteiger partial charge on any atom is 0.220 e. The van der Waals surface area contributed by atoms with Gasteiger partial charge >= 0.3 is 0 Å². The molecule has 1 amide bonds. The molecule has 0 aliphatic rings. The first-order chi connectivity index (χ1) is 10.8. The van der Waals surface area contributed by atoms with E-state index in [0.29, 0.717) is 19.4 Å². The van der Waals surface area contributed by atoms with Crippen LogP contribution in [0.15, 0.2) is 48.7 Å². The highest BCUT2D eigenvalue weighted by atomic mass is 16.1. The van der Waals surface area contributed by atoms with Crippen molar-refractivity contribution in [1.82, 2.24) is 20.3 Å². The minimum Gasteiger partial charge on any atom is -0.356 e. The van der Waals surface area contributed by atoms with E-state index >= 15 is 0 Å². The molecule has 0 atom stereocenters. The number of nitrogens with one attached hydrogen (secondary N) is 2. The topological polar surface area (TPSA) is 70.7 Å². The molecule has 2 aromatic heterocycles. The van der Waals surface area contributed by atoms with Gasteiger partial charge in [0.25, 0.3) is 0 Å². The Hall–Kier alpha value is -2.69. The van der Waals surface area contributed by atoms with E-state index in [1.54, 1.807) is 6.20 Å². The minimum absolute atomic E-state index is 0.0383. The zero-order valence-electron chi connectivity index (χ0n) is 12.2. The molecule has 2 N–H and O–H groups in total. The van der Waals surface area contributed by atoms with E-state index in [2.05, 4.69) is 20.3 Å². The molecular weight excluding hydrogens is 276 g/mol. The summed E-state index contributed by atoms with van der Waals surface area (Å²) in [7, 11) is 0. The molecule has 22 heavy (non-hydrogen) atoms. The Morgan fingerprint density at radius 3 is 2.77 bits per heavy atom. The van der Waals surface area contributed by atoms with E-state index in [0.717, 1.165) is 29.0 Å². The van der Waals surface area contributed by atoms with E-state index in [-0.39, 0.29) is 5.91 Å². The van der Waals surface area contributed by atoms with Crippen LogP contribution >= 0.6 is 0 Å². The predicted octanol–water partition coefficient (Wildman–Crippen LogP) is 2.25. The van der Waals surface area contributed by atoms with Crippen LogP contribution in [0.3, 0.4) is 0 Å². The van der Waals surface area contributed by atoms with Crippen molar-refractivity contribution in [3.63, 3.8) is 0 Å². The van der Waals surface area contributed by atoms with Gasteiger partial charge in [-0.15, -0.1) is 0 Å². The highest BCUT2D eigenvalue weighted by Gasteiger charge is 2.06. The maximum absolute atomic E-state index is 11.8. The molecule has 2 heterocycles. The summed E-state index contributed by atoms with van der Waals surface area (Å²) in [5.74, 6) is 0.887. The van der Waals surface area contributed by atoms with Crippen LogP contribution in [-0.2, 0) is 17.6 Å². The normalized spacial score (nSPS) is 10.7. The summed E-state index contributed by atoms with van der Waals surface area (Å²) >= 11 is 0. The van der Waals surface area contributed by atoms with Crippen molar-refractivity contribution < 1.29 is 4.79 Å². The fraction of sp³-hybridized carbons (Fsp3) is 0.235. The van der Waals surface area contributed by atoms with E-state index in [9.17, 15) is 4.79 Å². The Morgan fingerprint density at radius 1 is 1.09 bits per heavy atom. The second-order valence-electron chi connectivity index (χ2n) is 5.12. The second kappa shape index (κ2) is 6.85. The van der Waals surface area contributed by atoms with Gasteiger partial charge in [0.05, 0.1) is 11.0 Å². The average Bonchev–Trinajstić information content (AvgIpc) is 2.97. The maximum atomic E-state index is 11.8. The first-order valence-corrected chi connectivity index (χ1v) is 7.41. The Bertz CT molecular complexity index is 718. The second-order valence-corrected chi connectivity index (χ2v) is 5.12. The van der Waals surface area contributed by atoms with Gasteiger partial charge in [-0.25, -0.2) is 4.98 Å². The Kier molecular flexibility index (Phi) is 4.44. The monoisotopic (exact) mass is 294 g/mol. The number of fused-ring (bicyclic) bond motifs is 1. The highest BCUT2D eigenvalue weighted by molar-refractivity contribution is 5.77. The number of aryl methyl sites for hydroxylation is 1. The van der Waals surface area contributed by atoms with Crippen molar-refractivity contribution in [3.8, 4) is 0 Å². The van der Waals surface area contributed by atoms with Crippen LogP contribution in [0.4, 0.5) is 0 Å². The number of hydrogen-bond acceptors (Lipinski definition) is 3. The quantitative estimate of drug-likeness (QED) is 0.732. The van der Waals surface area contributed by atoms with Crippen LogP contribution in [-0.4, -0.2) is 27.4 Å². The molecule has 5 heteroatoms. The Labute approximate surface area is 128 Å². The van der Waals surface area contributed by atoms with E-state index in [4.69, 9.17) is 0 Å². The van der Waals surface area contributed by atoms with Gasteiger partial charge in [0.1, 0.15) is 5.82 Å². The van der Waals surface area contributed by atoms with Crippen molar-refractivity contribution in [2.45, 2.75) is 19.3 Å². The zero-order chi connectivity index (χ0) is 15.2. The molecule has 0 spiro atoms. The number of aromatic nitrogens is 3. The molecule has 0 fully saturated rings. The third kappa shape index (κ3) is 3.69. The number of imidazole rings is 1. The number of H-pyrrole nitrogens is 1. The molecule has 5 nitrogen and oxygen atoms in total. The van der Waals surface area contributed by atoms with Crippen LogP contribution < -0.4 is 5.32 Å². The number of carbonyl (C=O) groups excluding carboxylic acids is 1. The molecular formula is C17H18N4O. The molecule has 0 unspecified atom stereocenters. The van der Waals surface area contributed by atoms with Gasteiger partial charge in [-0.3, -0.25) is 9.78 Å². The molecule has 0 radical (unpaired) electrons. The third-order valence-corrected chi connectivity index (χ3v) is 3.46. The lowest BCUT2D eigenvalue weighted by atomic mass is 10.2. The lowest BCUT2D eigenvalue weighted by molar-refractivity contribution is -0.121. The number of carbonyl (C=O) groups is 1. The number of nitrogens with zero attached hydrogens (tertiary/aromatic N) is 2. The van der Waals surface area contributed by atoms with Gasteiger partial charge < -0.3 is 10.3 Å². The third-order valence-electron chi connectivity index (χ3n) is 3.46. The lowest BCUT2D eigenvalue weighted by Crippen LogP contribution is -2.26. The van der Waals surface area contributed by atoms with Crippen LogP contribution in [0.5, 0.6) is 0 Å². The molecule has 0 bridgehead atoms.